The zero-order valence-electron chi connectivity index (χ0n) is 14.8. The normalized spacial score (nSPS) is 11.0. The molecule has 0 spiro atoms. The van der Waals surface area contributed by atoms with Crippen molar-refractivity contribution < 1.29 is 4.79 Å². The molecule has 0 unspecified atom stereocenters. The van der Waals surface area contributed by atoms with Crippen molar-refractivity contribution in [3.8, 4) is 0 Å². The Balaban J connectivity index is 1.89. The molecule has 130 valence electrons. The van der Waals surface area contributed by atoms with E-state index in [0.29, 0.717) is 11.6 Å². The largest absolute Gasteiger partial charge is 0.340 e. The van der Waals surface area contributed by atoms with Gasteiger partial charge in [-0.3, -0.25) is 9.78 Å². The molecule has 0 radical (unpaired) electrons. The summed E-state index contributed by atoms with van der Waals surface area (Å²) in [7, 11) is 1.85. The number of benzene rings is 1. The van der Waals surface area contributed by atoms with Crippen LogP contribution in [0, 0.1) is 6.92 Å². The highest BCUT2D eigenvalue weighted by Gasteiger charge is 2.22. The molecule has 2 aromatic heterocycles. The number of carbonyl (C=O) groups is 1. The summed E-state index contributed by atoms with van der Waals surface area (Å²) in [5.74, 6) is 0.0423. The second-order valence-corrected chi connectivity index (χ2v) is 6.65. The van der Waals surface area contributed by atoms with Crippen molar-refractivity contribution in [2.45, 2.75) is 26.8 Å². The molecule has 0 aliphatic carbocycles. The summed E-state index contributed by atoms with van der Waals surface area (Å²) in [6.45, 7) is 5.45. The van der Waals surface area contributed by atoms with E-state index in [1.165, 1.54) is 5.56 Å². The fourth-order valence-corrected chi connectivity index (χ4v) is 3.40. The van der Waals surface area contributed by atoms with E-state index in [1.54, 1.807) is 17.3 Å². The lowest BCUT2D eigenvalue weighted by Crippen LogP contribution is -2.31. The lowest BCUT2D eigenvalue weighted by atomic mass is 10.1. The minimum absolute atomic E-state index is 0.0423. The molecule has 2 heterocycles. The van der Waals surface area contributed by atoms with Gasteiger partial charge < -0.3 is 9.47 Å². The Morgan fingerprint density at radius 2 is 1.96 bits per heavy atom. The molecule has 0 bridgehead atoms. The van der Waals surface area contributed by atoms with Crippen molar-refractivity contribution >= 4 is 28.4 Å². The van der Waals surface area contributed by atoms with Crippen LogP contribution >= 0.6 is 11.6 Å². The van der Waals surface area contributed by atoms with Gasteiger partial charge in [-0.25, -0.2) is 0 Å². The summed E-state index contributed by atoms with van der Waals surface area (Å²) < 4.78 is 2.08. The highest BCUT2D eigenvalue weighted by atomic mass is 35.5. The van der Waals surface area contributed by atoms with Gasteiger partial charge in [-0.05, 0) is 61.7 Å². The Hall–Kier alpha value is -2.33. The Morgan fingerprint density at radius 3 is 2.64 bits per heavy atom. The minimum atomic E-state index is 0.0423. The molecule has 1 amide bonds. The van der Waals surface area contributed by atoms with Gasteiger partial charge in [0.1, 0.15) is 5.69 Å². The minimum Gasteiger partial charge on any atom is -0.340 e. The Morgan fingerprint density at radius 1 is 1.24 bits per heavy atom. The van der Waals surface area contributed by atoms with Crippen LogP contribution < -0.4 is 0 Å². The van der Waals surface area contributed by atoms with Crippen LogP contribution in [0.4, 0.5) is 0 Å². The number of rotatable bonds is 5. The van der Waals surface area contributed by atoms with Crippen LogP contribution in [0.15, 0.2) is 42.7 Å². The van der Waals surface area contributed by atoms with Gasteiger partial charge in [0.05, 0.1) is 0 Å². The van der Waals surface area contributed by atoms with Crippen LogP contribution in [-0.4, -0.2) is 34.0 Å². The molecule has 5 heteroatoms. The third-order valence-electron chi connectivity index (χ3n) is 4.63. The molecule has 25 heavy (non-hydrogen) atoms. The van der Waals surface area contributed by atoms with Gasteiger partial charge in [-0.15, -0.1) is 0 Å². The summed E-state index contributed by atoms with van der Waals surface area (Å²) in [5.41, 5.74) is 3.96. The first kappa shape index (κ1) is 17.5. The molecule has 3 aromatic rings. The second kappa shape index (κ2) is 7.28. The third kappa shape index (κ3) is 3.40. The topological polar surface area (TPSA) is 38.1 Å². The number of nitrogens with zero attached hydrogens (tertiary/aromatic N) is 3. The number of amides is 1. The Bertz CT molecular complexity index is 902. The fourth-order valence-electron chi connectivity index (χ4n) is 3.23. The number of aryl methyl sites for hydroxylation is 2. The van der Waals surface area contributed by atoms with Gasteiger partial charge in [0.25, 0.3) is 5.91 Å². The van der Waals surface area contributed by atoms with Crippen LogP contribution in [-0.2, 0) is 13.0 Å². The smallest absolute Gasteiger partial charge is 0.270 e. The second-order valence-electron chi connectivity index (χ2n) is 6.21. The molecule has 0 aliphatic rings. The summed E-state index contributed by atoms with van der Waals surface area (Å²) in [5, 5.41) is 1.73. The van der Waals surface area contributed by atoms with Gasteiger partial charge in [-0.2, -0.15) is 0 Å². The van der Waals surface area contributed by atoms with E-state index in [9.17, 15) is 4.79 Å². The standard InChI is InChI=1S/C20H22ClN3O/c1-4-24-18-6-5-16(21)13-17(18)14(2)19(24)20(25)23(3)12-9-15-7-10-22-11-8-15/h5-8,10-11,13H,4,9,12H2,1-3H3. The number of hydrogen-bond acceptors (Lipinski definition) is 2. The van der Waals surface area contributed by atoms with Crippen molar-refractivity contribution in [2.24, 2.45) is 0 Å². The van der Waals surface area contributed by atoms with Gasteiger partial charge >= 0.3 is 0 Å². The highest BCUT2D eigenvalue weighted by molar-refractivity contribution is 6.31. The van der Waals surface area contributed by atoms with E-state index >= 15 is 0 Å². The molecule has 0 saturated carbocycles. The van der Waals surface area contributed by atoms with Crippen molar-refractivity contribution in [1.29, 1.82) is 0 Å². The predicted molar refractivity (Wildman–Crippen MR) is 102 cm³/mol. The lowest BCUT2D eigenvalue weighted by molar-refractivity contribution is 0.0786. The summed E-state index contributed by atoms with van der Waals surface area (Å²) >= 11 is 6.15. The average Bonchev–Trinajstić information content (AvgIpc) is 2.91. The number of likely N-dealkylation sites (N-methyl/N-ethyl adjacent to an activating group) is 1. The maximum Gasteiger partial charge on any atom is 0.270 e. The van der Waals surface area contributed by atoms with Crippen molar-refractivity contribution in [3.63, 3.8) is 0 Å². The molecule has 4 nitrogen and oxygen atoms in total. The van der Waals surface area contributed by atoms with E-state index in [1.807, 2.05) is 44.3 Å². The Kier molecular flexibility index (Phi) is 5.09. The quantitative estimate of drug-likeness (QED) is 0.683. The van der Waals surface area contributed by atoms with Crippen LogP contribution in [0.2, 0.25) is 5.02 Å². The highest BCUT2D eigenvalue weighted by Crippen LogP contribution is 2.29. The van der Waals surface area contributed by atoms with Crippen molar-refractivity contribution in [1.82, 2.24) is 14.5 Å². The SMILES string of the molecule is CCn1c(C(=O)N(C)CCc2ccncc2)c(C)c2cc(Cl)ccc21. The lowest BCUT2D eigenvalue weighted by Gasteiger charge is -2.19. The maximum absolute atomic E-state index is 13.1. The number of aromatic nitrogens is 2. The molecule has 0 saturated heterocycles. The number of hydrogen-bond donors (Lipinski definition) is 0. The zero-order chi connectivity index (χ0) is 18.0. The van der Waals surface area contributed by atoms with Crippen molar-refractivity contribution in [3.05, 3.63) is 64.6 Å². The first-order valence-corrected chi connectivity index (χ1v) is 8.83. The van der Waals surface area contributed by atoms with Gasteiger partial charge in [-0.1, -0.05) is 11.6 Å². The van der Waals surface area contributed by atoms with Crippen LogP contribution in [0.1, 0.15) is 28.5 Å². The van der Waals surface area contributed by atoms with E-state index in [4.69, 9.17) is 11.6 Å². The number of halogens is 1. The number of pyridine rings is 1. The number of carbonyl (C=O) groups excluding carboxylic acids is 1. The predicted octanol–water partition coefficient (Wildman–Crippen LogP) is 4.33. The maximum atomic E-state index is 13.1. The van der Waals surface area contributed by atoms with Gasteiger partial charge in [0.2, 0.25) is 0 Å². The molecule has 0 atom stereocenters. The molecule has 0 N–H and O–H groups in total. The molecular formula is C20H22ClN3O. The van der Waals surface area contributed by atoms with Gasteiger partial charge in [0.15, 0.2) is 0 Å². The molecular weight excluding hydrogens is 334 g/mol. The summed E-state index contributed by atoms with van der Waals surface area (Å²) in [6.07, 6.45) is 4.36. The fraction of sp³-hybridized carbons (Fsp3) is 0.300. The van der Waals surface area contributed by atoms with E-state index in [0.717, 1.165) is 35.1 Å². The molecule has 3 rings (SSSR count). The van der Waals surface area contributed by atoms with E-state index < -0.39 is 0 Å². The zero-order valence-corrected chi connectivity index (χ0v) is 15.5. The first-order chi connectivity index (χ1) is 12.0. The van der Waals surface area contributed by atoms with Crippen LogP contribution in [0.5, 0.6) is 0 Å². The summed E-state index contributed by atoms with van der Waals surface area (Å²) in [6, 6.07) is 9.76. The van der Waals surface area contributed by atoms with E-state index in [2.05, 4.69) is 16.5 Å². The van der Waals surface area contributed by atoms with E-state index in [-0.39, 0.29) is 5.91 Å². The number of fused-ring (bicyclic) bond motifs is 1. The average molecular weight is 356 g/mol. The van der Waals surface area contributed by atoms with Crippen LogP contribution in [0.25, 0.3) is 10.9 Å². The third-order valence-corrected chi connectivity index (χ3v) is 4.86. The summed E-state index contributed by atoms with van der Waals surface area (Å²) in [4.78, 5) is 18.9. The molecule has 0 aliphatic heterocycles. The molecule has 1 aromatic carbocycles. The first-order valence-electron chi connectivity index (χ1n) is 8.45. The monoisotopic (exact) mass is 355 g/mol. The van der Waals surface area contributed by atoms with Crippen molar-refractivity contribution in [2.75, 3.05) is 13.6 Å². The van der Waals surface area contributed by atoms with Crippen LogP contribution in [0.3, 0.4) is 0 Å². The molecule has 0 fully saturated rings. The van der Waals surface area contributed by atoms with Gasteiger partial charge in [0, 0.05) is 48.5 Å². The Labute approximate surface area is 153 Å².